The molecule has 5 nitrogen and oxygen atoms in total. The van der Waals surface area contributed by atoms with E-state index in [9.17, 15) is 4.79 Å². The van der Waals surface area contributed by atoms with E-state index >= 15 is 0 Å². The first-order valence-electron chi connectivity index (χ1n) is 5.55. The van der Waals surface area contributed by atoms with Gasteiger partial charge in [-0.05, 0) is 24.6 Å². The molecule has 0 aliphatic heterocycles. The molecule has 2 N–H and O–H groups in total. The van der Waals surface area contributed by atoms with Crippen molar-refractivity contribution in [3.05, 3.63) is 46.0 Å². The SMILES string of the molecule is Cc1ccc(Br)cc1C(=O)NCCc1ncn[nH]1. The minimum absolute atomic E-state index is 0.0756. The van der Waals surface area contributed by atoms with Crippen LogP contribution in [0, 0.1) is 6.92 Å². The molecule has 1 aromatic heterocycles. The standard InChI is InChI=1S/C12H13BrN4O/c1-8-2-3-9(13)6-10(8)12(18)14-5-4-11-15-7-16-17-11/h2-3,6-7H,4-5H2,1H3,(H,14,18)(H,15,16,17). The average molecular weight is 309 g/mol. The van der Waals surface area contributed by atoms with Crippen molar-refractivity contribution in [2.45, 2.75) is 13.3 Å². The second-order valence-corrected chi connectivity index (χ2v) is 4.81. The number of hydrogen-bond donors (Lipinski definition) is 2. The van der Waals surface area contributed by atoms with Crippen LogP contribution in [0.25, 0.3) is 0 Å². The van der Waals surface area contributed by atoms with Crippen molar-refractivity contribution in [2.75, 3.05) is 6.54 Å². The molecule has 1 heterocycles. The van der Waals surface area contributed by atoms with Gasteiger partial charge in [-0.25, -0.2) is 4.98 Å². The summed E-state index contributed by atoms with van der Waals surface area (Å²) in [6, 6.07) is 5.65. The van der Waals surface area contributed by atoms with Gasteiger partial charge < -0.3 is 5.32 Å². The Labute approximate surface area is 113 Å². The van der Waals surface area contributed by atoms with Gasteiger partial charge in [0.05, 0.1) is 0 Å². The van der Waals surface area contributed by atoms with Gasteiger partial charge >= 0.3 is 0 Å². The van der Waals surface area contributed by atoms with Gasteiger partial charge in [-0.15, -0.1) is 0 Å². The fourth-order valence-electron chi connectivity index (χ4n) is 1.58. The van der Waals surface area contributed by atoms with Crippen LogP contribution in [-0.4, -0.2) is 27.6 Å². The molecule has 1 aromatic carbocycles. The molecule has 0 unspecified atom stereocenters. The Hall–Kier alpha value is -1.69. The zero-order valence-corrected chi connectivity index (χ0v) is 11.5. The van der Waals surface area contributed by atoms with E-state index < -0.39 is 0 Å². The molecule has 1 amide bonds. The van der Waals surface area contributed by atoms with Crippen molar-refractivity contribution in [3.63, 3.8) is 0 Å². The van der Waals surface area contributed by atoms with E-state index in [1.807, 2.05) is 25.1 Å². The van der Waals surface area contributed by atoms with Gasteiger partial charge in [0.15, 0.2) is 0 Å². The number of rotatable bonds is 4. The summed E-state index contributed by atoms with van der Waals surface area (Å²) in [5.41, 5.74) is 1.64. The predicted molar refractivity (Wildman–Crippen MR) is 71.3 cm³/mol. The molecular formula is C12H13BrN4O. The second kappa shape index (κ2) is 5.77. The Bertz CT molecular complexity index is 539. The van der Waals surface area contributed by atoms with Gasteiger partial charge in [0.2, 0.25) is 0 Å². The van der Waals surface area contributed by atoms with Gasteiger partial charge in [0.1, 0.15) is 12.2 Å². The molecule has 0 bridgehead atoms. The molecule has 0 fully saturated rings. The number of nitrogens with one attached hydrogen (secondary N) is 2. The number of aromatic amines is 1. The second-order valence-electron chi connectivity index (χ2n) is 3.90. The molecule has 0 aliphatic rings. The highest BCUT2D eigenvalue weighted by molar-refractivity contribution is 9.10. The number of carbonyl (C=O) groups is 1. The summed E-state index contributed by atoms with van der Waals surface area (Å²) < 4.78 is 0.897. The van der Waals surface area contributed by atoms with Crippen molar-refractivity contribution in [1.82, 2.24) is 20.5 Å². The fraction of sp³-hybridized carbons (Fsp3) is 0.250. The first-order valence-corrected chi connectivity index (χ1v) is 6.34. The van der Waals surface area contributed by atoms with Crippen LogP contribution in [0.5, 0.6) is 0 Å². The zero-order chi connectivity index (χ0) is 13.0. The van der Waals surface area contributed by atoms with Gasteiger partial charge in [-0.1, -0.05) is 22.0 Å². The molecule has 0 atom stereocenters. The summed E-state index contributed by atoms with van der Waals surface area (Å²) in [7, 11) is 0. The van der Waals surface area contributed by atoms with Crippen molar-refractivity contribution in [1.29, 1.82) is 0 Å². The third kappa shape index (κ3) is 3.16. The van der Waals surface area contributed by atoms with Gasteiger partial charge in [-0.2, -0.15) is 5.10 Å². The summed E-state index contributed by atoms with van der Waals surface area (Å²) >= 11 is 3.36. The number of carbonyl (C=O) groups excluding carboxylic acids is 1. The normalized spacial score (nSPS) is 10.3. The maximum Gasteiger partial charge on any atom is 0.251 e. The summed E-state index contributed by atoms with van der Waals surface area (Å²) in [4.78, 5) is 16.0. The summed E-state index contributed by atoms with van der Waals surface area (Å²) in [5, 5.41) is 9.36. The lowest BCUT2D eigenvalue weighted by Gasteiger charge is -2.07. The van der Waals surface area contributed by atoms with Crippen molar-refractivity contribution < 1.29 is 4.79 Å². The Kier molecular flexibility index (Phi) is 4.09. The van der Waals surface area contributed by atoms with Crippen molar-refractivity contribution in [3.8, 4) is 0 Å². The molecule has 94 valence electrons. The van der Waals surface area contributed by atoms with Crippen LogP contribution < -0.4 is 5.32 Å². The minimum atomic E-state index is -0.0756. The molecule has 0 saturated carbocycles. The first-order chi connectivity index (χ1) is 8.66. The quantitative estimate of drug-likeness (QED) is 0.905. The molecule has 2 rings (SSSR count). The molecule has 0 saturated heterocycles. The number of hydrogen-bond acceptors (Lipinski definition) is 3. The van der Waals surface area contributed by atoms with Gasteiger partial charge in [0, 0.05) is 23.0 Å². The Morgan fingerprint density at radius 2 is 2.33 bits per heavy atom. The number of benzene rings is 1. The monoisotopic (exact) mass is 308 g/mol. The Morgan fingerprint density at radius 3 is 3.06 bits per heavy atom. The molecule has 6 heteroatoms. The largest absolute Gasteiger partial charge is 0.352 e. The molecule has 0 aliphatic carbocycles. The number of H-pyrrole nitrogens is 1. The predicted octanol–water partition coefficient (Wildman–Crippen LogP) is 1.85. The molecule has 2 aromatic rings. The fourth-order valence-corrected chi connectivity index (χ4v) is 1.94. The van der Waals surface area contributed by atoms with Crippen LogP contribution in [-0.2, 0) is 6.42 Å². The maximum absolute atomic E-state index is 12.0. The smallest absolute Gasteiger partial charge is 0.251 e. The van der Waals surface area contributed by atoms with Crippen LogP contribution in [0.3, 0.4) is 0 Å². The highest BCUT2D eigenvalue weighted by Gasteiger charge is 2.09. The Morgan fingerprint density at radius 1 is 1.50 bits per heavy atom. The lowest BCUT2D eigenvalue weighted by Crippen LogP contribution is -2.26. The van der Waals surface area contributed by atoms with Gasteiger partial charge in [-0.3, -0.25) is 9.89 Å². The number of aromatic nitrogens is 3. The number of amides is 1. The van der Waals surface area contributed by atoms with Crippen molar-refractivity contribution in [2.24, 2.45) is 0 Å². The zero-order valence-electron chi connectivity index (χ0n) is 9.90. The molecular weight excluding hydrogens is 296 g/mol. The van der Waals surface area contributed by atoms with Crippen LogP contribution in [0.4, 0.5) is 0 Å². The van der Waals surface area contributed by atoms with E-state index in [0.717, 1.165) is 15.9 Å². The van der Waals surface area contributed by atoms with E-state index in [1.165, 1.54) is 6.33 Å². The number of aryl methyl sites for hydroxylation is 1. The van der Waals surface area contributed by atoms with E-state index in [4.69, 9.17) is 0 Å². The van der Waals surface area contributed by atoms with E-state index in [1.54, 1.807) is 0 Å². The van der Waals surface area contributed by atoms with Crippen LogP contribution in [0.1, 0.15) is 21.7 Å². The van der Waals surface area contributed by atoms with Gasteiger partial charge in [0.25, 0.3) is 5.91 Å². The van der Waals surface area contributed by atoms with Crippen LogP contribution >= 0.6 is 15.9 Å². The summed E-state index contributed by atoms with van der Waals surface area (Å²) in [5.74, 6) is 0.689. The Balaban J connectivity index is 1.93. The van der Waals surface area contributed by atoms with E-state index in [0.29, 0.717) is 18.5 Å². The lowest BCUT2D eigenvalue weighted by molar-refractivity contribution is 0.0953. The number of halogens is 1. The van der Waals surface area contributed by atoms with E-state index in [-0.39, 0.29) is 5.91 Å². The minimum Gasteiger partial charge on any atom is -0.352 e. The molecule has 0 radical (unpaired) electrons. The van der Waals surface area contributed by atoms with Crippen molar-refractivity contribution >= 4 is 21.8 Å². The highest BCUT2D eigenvalue weighted by Crippen LogP contribution is 2.15. The number of nitrogens with zero attached hydrogens (tertiary/aromatic N) is 2. The first kappa shape index (κ1) is 12.8. The lowest BCUT2D eigenvalue weighted by atomic mass is 10.1. The molecule has 18 heavy (non-hydrogen) atoms. The third-order valence-electron chi connectivity index (χ3n) is 2.56. The van der Waals surface area contributed by atoms with E-state index in [2.05, 4.69) is 36.4 Å². The topological polar surface area (TPSA) is 70.7 Å². The van der Waals surface area contributed by atoms with Crippen LogP contribution in [0.2, 0.25) is 0 Å². The summed E-state index contributed by atoms with van der Waals surface area (Å²) in [6.07, 6.45) is 2.09. The summed E-state index contributed by atoms with van der Waals surface area (Å²) in [6.45, 7) is 2.44. The molecule has 0 spiro atoms. The highest BCUT2D eigenvalue weighted by atomic mass is 79.9. The third-order valence-corrected chi connectivity index (χ3v) is 3.05. The average Bonchev–Trinajstić information content (AvgIpc) is 2.85. The van der Waals surface area contributed by atoms with Crippen LogP contribution in [0.15, 0.2) is 29.0 Å². The maximum atomic E-state index is 12.0.